The molecule has 0 atom stereocenters. The van der Waals surface area contributed by atoms with Crippen LogP contribution >= 0.6 is 12.0 Å². The van der Waals surface area contributed by atoms with E-state index in [1.54, 1.807) is 18.2 Å². The maximum absolute atomic E-state index is 12.7. The van der Waals surface area contributed by atoms with Crippen LogP contribution < -0.4 is 4.90 Å². The van der Waals surface area contributed by atoms with Crippen LogP contribution in [0.4, 0.5) is 11.4 Å². The van der Waals surface area contributed by atoms with Crippen LogP contribution in [0.3, 0.4) is 0 Å². The Balaban J connectivity index is 1.46. The van der Waals surface area contributed by atoms with Crippen LogP contribution in [0.25, 0.3) is 10.8 Å². The minimum atomic E-state index is -4.74. The molecule has 52 heavy (non-hydrogen) atoms. The number of carboxylic acid groups (broad SMARTS) is 2. The summed E-state index contributed by atoms with van der Waals surface area (Å²) in [5, 5.41) is 31.7. The summed E-state index contributed by atoms with van der Waals surface area (Å²) in [6, 6.07) is 14.5. The molecule has 0 aromatic heterocycles. The number of anilines is 1. The third-order valence-electron chi connectivity index (χ3n) is 9.39. The Morgan fingerprint density at radius 1 is 0.923 bits per heavy atom. The molecule has 0 spiro atoms. The maximum atomic E-state index is 12.7. The van der Waals surface area contributed by atoms with Gasteiger partial charge in [0.15, 0.2) is 12.3 Å². The van der Waals surface area contributed by atoms with Crippen molar-refractivity contribution in [1.29, 1.82) is 0 Å². The molecule has 3 aromatic carbocycles. The van der Waals surface area contributed by atoms with Crippen molar-refractivity contribution >= 4 is 62.0 Å². The van der Waals surface area contributed by atoms with Crippen molar-refractivity contribution in [2.75, 3.05) is 18.0 Å². The summed E-state index contributed by atoms with van der Waals surface area (Å²) in [7, 11) is -4.74. The number of benzene rings is 3. The number of carboxylic acids is 2. The molecule has 2 aliphatic rings. The molecule has 0 fully saturated rings. The van der Waals surface area contributed by atoms with Gasteiger partial charge in [-0.2, -0.15) is 13.0 Å². The van der Waals surface area contributed by atoms with E-state index in [9.17, 15) is 32.8 Å². The van der Waals surface area contributed by atoms with Crippen LogP contribution in [-0.2, 0) is 39.9 Å². The summed E-state index contributed by atoms with van der Waals surface area (Å²) < 4.78 is 42.0. The molecular formula is C38H41N2O10S2+. The molecule has 0 amide bonds. The van der Waals surface area contributed by atoms with Crippen molar-refractivity contribution in [3.8, 4) is 0 Å². The Hall–Kier alpha value is -4.57. The molecule has 4 N–H and O–H groups in total. The van der Waals surface area contributed by atoms with Gasteiger partial charge in [-0.1, -0.05) is 67.5 Å². The fourth-order valence-electron chi connectivity index (χ4n) is 7.15. The third-order valence-corrected chi connectivity index (χ3v) is 10.8. The molecule has 0 radical (unpaired) electrons. The average Bonchev–Trinajstić information content (AvgIpc) is 3.43. The Morgan fingerprint density at radius 3 is 2.31 bits per heavy atom. The van der Waals surface area contributed by atoms with E-state index in [1.165, 1.54) is 11.6 Å². The molecule has 0 saturated heterocycles. The fraction of sp³-hybridized carbons (Fsp3) is 0.289. The topological polar surface area (TPSA) is 174 Å². The first kappa shape index (κ1) is 38.7. The Bertz CT molecular complexity index is 2160. The zero-order valence-corrected chi connectivity index (χ0v) is 30.8. The average molecular weight is 750 g/mol. The highest BCUT2D eigenvalue weighted by Crippen LogP contribution is 2.48. The monoisotopic (exact) mass is 749 g/mol. The molecule has 12 nitrogen and oxygen atoms in total. The van der Waals surface area contributed by atoms with Gasteiger partial charge >= 0.3 is 11.9 Å². The summed E-state index contributed by atoms with van der Waals surface area (Å²) in [5.74, 6) is -1.82. The lowest BCUT2D eigenvalue weighted by Crippen LogP contribution is -2.28. The van der Waals surface area contributed by atoms with E-state index in [4.69, 9.17) is 5.26 Å². The van der Waals surface area contributed by atoms with E-state index in [1.807, 2.05) is 73.1 Å². The number of carbonyl (C=O) groups is 2. The van der Waals surface area contributed by atoms with Gasteiger partial charge in [-0.05, 0) is 61.6 Å². The molecule has 0 aliphatic carbocycles. The highest BCUT2D eigenvalue weighted by atomic mass is 32.2. The van der Waals surface area contributed by atoms with Gasteiger partial charge < -0.3 is 15.1 Å². The Morgan fingerprint density at radius 2 is 1.62 bits per heavy atom. The number of para-hydroxylation sites is 1. The quantitative estimate of drug-likeness (QED) is 0.0300. The lowest BCUT2D eigenvalue weighted by molar-refractivity contribution is -0.436. The van der Waals surface area contributed by atoms with Crippen molar-refractivity contribution < 1.29 is 52.0 Å². The number of hydrogen-bond acceptors (Lipinski definition) is 9. The Labute approximate surface area is 306 Å². The van der Waals surface area contributed by atoms with Gasteiger partial charge in [0.05, 0.1) is 17.5 Å². The lowest BCUT2D eigenvalue weighted by atomic mass is 9.79. The lowest BCUT2D eigenvalue weighted by Gasteiger charge is -2.26. The number of allylic oxidation sites excluding steroid dienone is 8. The molecule has 0 bridgehead atoms. The van der Waals surface area contributed by atoms with Crippen molar-refractivity contribution in [1.82, 2.24) is 0 Å². The first-order chi connectivity index (χ1) is 24.6. The largest absolute Gasteiger partial charge is 0.481 e. The van der Waals surface area contributed by atoms with Crippen LogP contribution in [0, 0.1) is 0 Å². The summed E-state index contributed by atoms with van der Waals surface area (Å²) in [6.07, 6.45) is 13.7. The zero-order valence-electron chi connectivity index (χ0n) is 29.1. The predicted molar refractivity (Wildman–Crippen MR) is 199 cm³/mol. The Kier molecular flexibility index (Phi) is 11.6. The van der Waals surface area contributed by atoms with Gasteiger partial charge in [0.2, 0.25) is 5.69 Å². The molecular weight excluding hydrogens is 709 g/mol. The van der Waals surface area contributed by atoms with Gasteiger partial charge in [0.1, 0.15) is 11.3 Å². The molecule has 2 heterocycles. The van der Waals surface area contributed by atoms with Gasteiger partial charge in [0, 0.05) is 57.8 Å². The first-order valence-electron chi connectivity index (χ1n) is 16.5. The van der Waals surface area contributed by atoms with Crippen molar-refractivity contribution in [2.45, 2.75) is 67.6 Å². The van der Waals surface area contributed by atoms with Crippen LogP contribution in [0.2, 0.25) is 0 Å². The molecule has 14 heteroatoms. The molecule has 2 aliphatic heterocycles. The van der Waals surface area contributed by atoms with Crippen LogP contribution in [-0.4, -0.2) is 63.8 Å². The zero-order chi connectivity index (χ0) is 37.8. The standard InChI is InChI=1S/C38H40N2O10S2/c1-37(2)27-13-10-11-14-28(27)39(21-12-17-33(41)42)31(37)15-8-6-5-7-9-16-32-38(3,4)36-29(40(32)22-20-34(43)44)19-18-25-23-26(51-50-49-45)24-30(35(25)36)52(46,47)48/h5-11,13-16,18-19,23-24H,12,17,20-22H2,1-4H3,(H3-,41,42,43,44,45,46,47,48)/p+1. The van der Waals surface area contributed by atoms with Crippen molar-refractivity contribution in [3.05, 3.63) is 108 Å². The predicted octanol–water partition coefficient (Wildman–Crippen LogP) is 7.58. The first-order valence-corrected chi connectivity index (χ1v) is 18.7. The smallest absolute Gasteiger partial charge is 0.309 e. The molecule has 3 aromatic rings. The number of aliphatic carboxylic acids is 2. The van der Waals surface area contributed by atoms with Crippen LogP contribution in [0.5, 0.6) is 0 Å². The number of rotatable bonds is 15. The van der Waals surface area contributed by atoms with Gasteiger partial charge in [-0.3, -0.25) is 14.1 Å². The van der Waals surface area contributed by atoms with Gasteiger partial charge in [0.25, 0.3) is 10.1 Å². The minimum absolute atomic E-state index is 0.0839. The maximum Gasteiger partial charge on any atom is 0.309 e. The van der Waals surface area contributed by atoms with E-state index in [2.05, 4.69) is 40.3 Å². The van der Waals surface area contributed by atoms with Gasteiger partial charge in [-0.15, -0.1) is 4.33 Å². The highest BCUT2D eigenvalue weighted by Gasteiger charge is 2.47. The fourth-order valence-corrected chi connectivity index (χ4v) is 8.43. The summed E-state index contributed by atoms with van der Waals surface area (Å²) in [5.41, 5.74) is 4.13. The SMILES string of the molecule is CC1(C)C(/C=C/C=C/C=C/C=C2/N(CCCC(=O)O)c3ccccc3C2(C)C)=[N+](CCC(=O)O)c2ccc3cc(SOOO)cc(S(=O)(=O)O)c3c21. The molecule has 274 valence electrons. The summed E-state index contributed by atoms with van der Waals surface area (Å²) in [6.45, 7) is 8.81. The van der Waals surface area contributed by atoms with Crippen LogP contribution in [0.1, 0.15) is 58.1 Å². The van der Waals surface area contributed by atoms with Gasteiger partial charge in [-0.25, -0.2) is 5.26 Å². The summed E-state index contributed by atoms with van der Waals surface area (Å²) in [4.78, 5) is 24.9. The number of fused-ring (bicyclic) bond motifs is 4. The van der Waals surface area contributed by atoms with Crippen molar-refractivity contribution in [3.63, 3.8) is 0 Å². The van der Waals surface area contributed by atoms with Crippen LogP contribution in [0.15, 0.2) is 107 Å². The normalized spacial score (nSPS) is 17.3. The second kappa shape index (κ2) is 15.6. The highest BCUT2D eigenvalue weighted by molar-refractivity contribution is 7.94. The minimum Gasteiger partial charge on any atom is -0.481 e. The second-order valence-corrected chi connectivity index (χ2v) is 15.6. The molecule has 0 unspecified atom stereocenters. The number of nitrogens with zero attached hydrogens (tertiary/aromatic N) is 2. The second-order valence-electron chi connectivity index (χ2n) is 13.5. The third kappa shape index (κ3) is 7.92. The number of hydrogen-bond donors (Lipinski definition) is 4. The van der Waals surface area contributed by atoms with E-state index in [0.29, 0.717) is 41.6 Å². The van der Waals surface area contributed by atoms with E-state index >= 15 is 0 Å². The van der Waals surface area contributed by atoms with Crippen molar-refractivity contribution in [2.24, 2.45) is 0 Å². The molecule has 0 saturated carbocycles. The summed E-state index contributed by atoms with van der Waals surface area (Å²) >= 11 is 0.560. The molecule has 5 rings (SSSR count). The van der Waals surface area contributed by atoms with E-state index < -0.39 is 27.5 Å². The van der Waals surface area contributed by atoms with E-state index in [0.717, 1.165) is 17.1 Å². The van der Waals surface area contributed by atoms with E-state index in [-0.39, 0.29) is 40.0 Å².